The van der Waals surface area contributed by atoms with E-state index in [1.165, 1.54) is 0 Å². The van der Waals surface area contributed by atoms with Crippen molar-refractivity contribution in [3.63, 3.8) is 0 Å². The summed E-state index contributed by atoms with van der Waals surface area (Å²) in [6.07, 6.45) is 0.637. The van der Waals surface area contributed by atoms with E-state index in [-0.39, 0.29) is 0 Å². The molecule has 1 aromatic heterocycles. The molecule has 2 aromatic carbocycles. The van der Waals surface area contributed by atoms with Crippen molar-refractivity contribution in [2.45, 2.75) is 19.1 Å². The molecule has 2 atom stereocenters. The fourth-order valence-corrected chi connectivity index (χ4v) is 2.79. The third-order valence-electron chi connectivity index (χ3n) is 4.40. The lowest BCUT2D eigenvalue weighted by molar-refractivity contribution is 0.0792. The van der Waals surface area contributed by atoms with Gasteiger partial charge < -0.3 is 10.4 Å². The Kier molecular flexibility index (Phi) is 5.94. The predicted molar refractivity (Wildman–Crippen MR) is 103 cm³/mol. The lowest BCUT2D eigenvalue weighted by Crippen LogP contribution is -2.40. The Morgan fingerprint density at radius 3 is 2.30 bits per heavy atom. The predicted octanol–water partition coefficient (Wildman–Crippen LogP) is 3.86. The standard InChI is InChI=1S/C22H21FN2O2/c1-15-7-8-19(14-24-15)16-9-11-17(12-10-16)21(26)20(13-23)25-22(27)18-5-3-2-4-6-18/h2-12,14,20-21,26H,13H2,1H3,(H,25,27)/t20-,21-/m1/s1. The number of pyridine rings is 1. The van der Waals surface area contributed by atoms with Crippen LogP contribution in [0, 0.1) is 6.92 Å². The number of nitrogens with zero attached hydrogens (tertiary/aromatic N) is 1. The van der Waals surface area contributed by atoms with Gasteiger partial charge in [0.2, 0.25) is 0 Å². The second kappa shape index (κ2) is 8.56. The highest BCUT2D eigenvalue weighted by Crippen LogP contribution is 2.23. The van der Waals surface area contributed by atoms with Crippen LogP contribution >= 0.6 is 0 Å². The van der Waals surface area contributed by atoms with Gasteiger partial charge in [0.05, 0.1) is 6.04 Å². The van der Waals surface area contributed by atoms with Crippen LogP contribution in [-0.4, -0.2) is 28.7 Å². The molecule has 5 heteroatoms. The van der Waals surface area contributed by atoms with Gasteiger partial charge >= 0.3 is 0 Å². The summed E-state index contributed by atoms with van der Waals surface area (Å²) in [5.74, 6) is -0.417. The number of hydrogen-bond acceptors (Lipinski definition) is 3. The maximum absolute atomic E-state index is 13.5. The first kappa shape index (κ1) is 18.7. The van der Waals surface area contributed by atoms with Crippen molar-refractivity contribution in [1.82, 2.24) is 10.3 Å². The van der Waals surface area contributed by atoms with Crippen LogP contribution in [0.2, 0.25) is 0 Å². The van der Waals surface area contributed by atoms with Crippen molar-refractivity contribution in [2.75, 3.05) is 6.67 Å². The van der Waals surface area contributed by atoms with Gasteiger partial charge in [-0.25, -0.2) is 4.39 Å². The molecule has 0 spiro atoms. The van der Waals surface area contributed by atoms with E-state index in [0.717, 1.165) is 16.8 Å². The van der Waals surface area contributed by atoms with Crippen LogP contribution in [0.1, 0.15) is 27.7 Å². The van der Waals surface area contributed by atoms with Gasteiger partial charge in [-0.3, -0.25) is 9.78 Å². The molecule has 2 N–H and O–H groups in total. The number of aliphatic hydroxyl groups excluding tert-OH is 1. The van der Waals surface area contributed by atoms with E-state index in [9.17, 15) is 14.3 Å². The second-order valence-electron chi connectivity index (χ2n) is 6.36. The minimum atomic E-state index is -1.15. The van der Waals surface area contributed by atoms with Crippen LogP contribution in [0.15, 0.2) is 72.9 Å². The molecule has 0 saturated carbocycles. The van der Waals surface area contributed by atoms with Crippen LogP contribution in [0.3, 0.4) is 0 Å². The Morgan fingerprint density at radius 1 is 1.04 bits per heavy atom. The number of nitrogens with one attached hydrogen (secondary N) is 1. The molecule has 3 aromatic rings. The van der Waals surface area contributed by atoms with Crippen LogP contribution < -0.4 is 5.32 Å². The van der Waals surface area contributed by atoms with E-state index in [1.54, 1.807) is 48.7 Å². The maximum atomic E-state index is 13.5. The van der Waals surface area contributed by atoms with Crippen LogP contribution in [0.4, 0.5) is 4.39 Å². The second-order valence-corrected chi connectivity index (χ2v) is 6.36. The number of carbonyl (C=O) groups is 1. The first-order valence-electron chi connectivity index (χ1n) is 8.71. The van der Waals surface area contributed by atoms with Crippen LogP contribution in [-0.2, 0) is 0 Å². The summed E-state index contributed by atoms with van der Waals surface area (Å²) in [6.45, 7) is 1.05. The molecule has 1 amide bonds. The SMILES string of the molecule is Cc1ccc(-c2ccc([C@@H](O)[C@@H](CF)NC(=O)c3ccccc3)cc2)cn1. The number of aromatic nitrogens is 1. The minimum absolute atomic E-state index is 0.417. The van der Waals surface area contributed by atoms with E-state index < -0.39 is 24.7 Å². The lowest BCUT2D eigenvalue weighted by Gasteiger charge is -2.22. The molecule has 0 aliphatic carbocycles. The van der Waals surface area contributed by atoms with E-state index in [2.05, 4.69) is 10.3 Å². The van der Waals surface area contributed by atoms with E-state index >= 15 is 0 Å². The van der Waals surface area contributed by atoms with Crippen LogP contribution in [0.5, 0.6) is 0 Å². The van der Waals surface area contributed by atoms with Crippen LogP contribution in [0.25, 0.3) is 11.1 Å². The zero-order chi connectivity index (χ0) is 19.2. The Labute approximate surface area is 157 Å². The number of carbonyl (C=O) groups excluding carboxylic acids is 1. The summed E-state index contributed by atoms with van der Waals surface area (Å²) < 4.78 is 13.5. The molecule has 0 aliphatic heterocycles. The molecule has 0 aliphatic rings. The molecular formula is C22H21FN2O2. The highest BCUT2D eigenvalue weighted by molar-refractivity contribution is 5.94. The summed E-state index contributed by atoms with van der Waals surface area (Å²) in [4.78, 5) is 16.5. The monoisotopic (exact) mass is 364 g/mol. The van der Waals surface area contributed by atoms with Crippen molar-refractivity contribution in [3.8, 4) is 11.1 Å². The first-order valence-corrected chi connectivity index (χ1v) is 8.71. The highest BCUT2D eigenvalue weighted by atomic mass is 19.1. The smallest absolute Gasteiger partial charge is 0.251 e. The molecule has 27 heavy (non-hydrogen) atoms. The average Bonchev–Trinajstić information content (AvgIpc) is 2.72. The number of aryl methyl sites for hydroxylation is 1. The van der Waals surface area contributed by atoms with Gasteiger partial charge in [0.25, 0.3) is 5.91 Å². The van der Waals surface area contributed by atoms with Crippen molar-refractivity contribution in [2.24, 2.45) is 0 Å². The molecule has 0 radical (unpaired) electrons. The van der Waals surface area contributed by atoms with Gasteiger partial charge in [-0.05, 0) is 36.2 Å². The lowest BCUT2D eigenvalue weighted by atomic mass is 9.99. The molecule has 138 valence electrons. The first-order chi connectivity index (χ1) is 13.1. The minimum Gasteiger partial charge on any atom is -0.386 e. The number of halogens is 1. The molecule has 0 saturated heterocycles. The number of hydrogen-bond donors (Lipinski definition) is 2. The summed E-state index contributed by atoms with van der Waals surface area (Å²) in [7, 11) is 0. The molecule has 1 heterocycles. The van der Waals surface area contributed by atoms with Gasteiger partial charge in [-0.2, -0.15) is 0 Å². The molecular weight excluding hydrogens is 343 g/mol. The fraction of sp³-hybridized carbons (Fsp3) is 0.182. The fourth-order valence-electron chi connectivity index (χ4n) is 2.79. The summed E-state index contributed by atoms with van der Waals surface area (Å²) in [6, 6.07) is 18.6. The van der Waals surface area contributed by atoms with Gasteiger partial charge in [-0.15, -0.1) is 0 Å². The summed E-state index contributed by atoms with van der Waals surface area (Å²) in [5.41, 5.74) is 3.80. The van der Waals surface area contributed by atoms with Crippen molar-refractivity contribution in [3.05, 3.63) is 89.7 Å². The Balaban J connectivity index is 1.72. The maximum Gasteiger partial charge on any atom is 0.251 e. The molecule has 4 nitrogen and oxygen atoms in total. The molecule has 0 fully saturated rings. The topological polar surface area (TPSA) is 62.2 Å². The Hall–Kier alpha value is -3.05. The summed E-state index contributed by atoms with van der Waals surface area (Å²) >= 11 is 0. The van der Waals surface area contributed by atoms with Gasteiger partial charge in [0, 0.05) is 23.0 Å². The van der Waals surface area contributed by atoms with Crippen molar-refractivity contribution in [1.29, 1.82) is 0 Å². The number of alkyl halides is 1. The van der Waals surface area contributed by atoms with Crippen molar-refractivity contribution >= 4 is 5.91 Å². The number of rotatable bonds is 6. The Morgan fingerprint density at radius 2 is 1.70 bits per heavy atom. The largest absolute Gasteiger partial charge is 0.386 e. The van der Waals surface area contributed by atoms with Gasteiger partial charge in [0.1, 0.15) is 12.8 Å². The third-order valence-corrected chi connectivity index (χ3v) is 4.40. The third kappa shape index (κ3) is 4.57. The van der Waals surface area contributed by atoms with E-state index in [1.807, 2.05) is 31.2 Å². The van der Waals surface area contributed by atoms with Crippen molar-refractivity contribution < 1.29 is 14.3 Å². The van der Waals surface area contributed by atoms with E-state index in [4.69, 9.17) is 0 Å². The number of aliphatic hydroxyl groups is 1. The Bertz CT molecular complexity index is 880. The van der Waals surface area contributed by atoms with Gasteiger partial charge in [0.15, 0.2) is 0 Å². The average molecular weight is 364 g/mol. The highest BCUT2D eigenvalue weighted by Gasteiger charge is 2.23. The zero-order valence-electron chi connectivity index (χ0n) is 15.0. The summed E-state index contributed by atoms with van der Waals surface area (Å²) in [5, 5.41) is 13.1. The quantitative estimate of drug-likeness (QED) is 0.698. The number of amides is 1. The van der Waals surface area contributed by atoms with Gasteiger partial charge in [-0.1, -0.05) is 48.5 Å². The van der Waals surface area contributed by atoms with E-state index in [0.29, 0.717) is 11.1 Å². The molecule has 0 unspecified atom stereocenters. The number of benzene rings is 2. The molecule has 0 bridgehead atoms. The normalized spacial score (nSPS) is 13.0. The molecule has 3 rings (SSSR count). The zero-order valence-corrected chi connectivity index (χ0v) is 15.0.